The first kappa shape index (κ1) is 17.8. The molecule has 0 radical (unpaired) electrons. The number of hydrogen-bond donors (Lipinski definition) is 4. The average Bonchev–Trinajstić information content (AvgIpc) is 3.18. The second kappa shape index (κ2) is 7.19. The third-order valence-electron chi connectivity index (χ3n) is 4.93. The minimum atomic E-state index is 0.0812. The number of rotatable bonds is 5. The zero-order valence-corrected chi connectivity index (χ0v) is 17.3. The maximum atomic E-state index is 6.25. The lowest BCUT2D eigenvalue weighted by Gasteiger charge is -2.16. The number of nitrogens with one attached hydrogen (secondary N) is 2. The number of H-pyrrole nitrogens is 2. The van der Waals surface area contributed by atoms with Gasteiger partial charge in [-0.1, -0.05) is 44.0 Å². The SMILES string of the molecule is NCCc1c([C@H](CN)c2c[nH]c3cc(Br)ccc23)[nH]c2cc(Br)ccc12. The Kier molecular flexibility index (Phi) is 4.92. The molecule has 1 atom stereocenters. The summed E-state index contributed by atoms with van der Waals surface area (Å²) in [6.07, 6.45) is 2.89. The molecule has 0 aliphatic carbocycles. The molecule has 134 valence electrons. The van der Waals surface area contributed by atoms with E-state index in [0.29, 0.717) is 13.1 Å². The van der Waals surface area contributed by atoms with Gasteiger partial charge >= 0.3 is 0 Å². The summed E-state index contributed by atoms with van der Waals surface area (Å²) in [5.74, 6) is 0.0812. The van der Waals surface area contributed by atoms with Crippen molar-refractivity contribution < 1.29 is 0 Å². The summed E-state index contributed by atoms with van der Waals surface area (Å²) in [5.41, 5.74) is 18.0. The van der Waals surface area contributed by atoms with E-state index in [-0.39, 0.29) is 5.92 Å². The fourth-order valence-electron chi connectivity index (χ4n) is 3.77. The van der Waals surface area contributed by atoms with Crippen molar-refractivity contribution >= 4 is 53.7 Å². The molecule has 26 heavy (non-hydrogen) atoms. The summed E-state index contributed by atoms with van der Waals surface area (Å²) in [4.78, 5) is 6.99. The van der Waals surface area contributed by atoms with Gasteiger partial charge in [0.2, 0.25) is 0 Å². The first-order valence-electron chi connectivity index (χ1n) is 8.59. The molecule has 0 saturated carbocycles. The molecule has 6 N–H and O–H groups in total. The molecular weight excluding hydrogens is 456 g/mol. The Morgan fingerprint density at radius 2 is 1.62 bits per heavy atom. The highest BCUT2D eigenvalue weighted by atomic mass is 79.9. The number of aromatic nitrogens is 2. The van der Waals surface area contributed by atoms with E-state index >= 15 is 0 Å². The number of benzene rings is 2. The molecule has 0 unspecified atom stereocenters. The summed E-state index contributed by atoms with van der Waals surface area (Å²) >= 11 is 7.09. The molecule has 0 fully saturated rings. The van der Waals surface area contributed by atoms with Gasteiger partial charge in [0.15, 0.2) is 0 Å². The second-order valence-corrected chi connectivity index (χ2v) is 8.30. The van der Waals surface area contributed by atoms with E-state index in [4.69, 9.17) is 11.5 Å². The van der Waals surface area contributed by atoms with Gasteiger partial charge in [-0.3, -0.25) is 0 Å². The van der Waals surface area contributed by atoms with Crippen molar-refractivity contribution in [1.82, 2.24) is 9.97 Å². The van der Waals surface area contributed by atoms with Crippen LogP contribution in [0, 0.1) is 0 Å². The number of nitrogens with two attached hydrogens (primary N) is 2. The molecule has 0 spiro atoms. The lowest BCUT2D eigenvalue weighted by Crippen LogP contribution is -2.16. The number of hydrogen-bond acceptors (Lipinski definition) is 2. The minimum Gasteiger partial charge on any atom is -0.361 e. The van der Waals surface area contributed by atoms with Crippen LogP contribution in [-0.2, 0) is 6.42 Å². The van der Waals surface area contributed by atoms with Crippen molar-refractivity contribution in [1.29, 1.82) is 0 Å². The predicted octanol–water partition coefficient (Wildman–Crippen LogP) is 4.77. The van der Waals surface area contributed by atoms with Crippen LogP contribution in [0.15, 0.2) is 51.5 Å². The topological polar surface area (TPSA) is 83.6 Å². The van der Waals surface area contributed by atoms with Gasteiger partial charge in [-0.15, -0.1) is 0 Å². The molecule has 0 aliphatic rings. The second-order valence-electron chi connectivity index (χ2n) is 6.47. The Morgan fingerprint density at radius 1 is 0.923 bits per heavy atom. The van der Waals surface area contributed by atoms with Crippen LogP contribution in [0.4, 0.5) is 0 Å². The summed E-state index contributed by atoms with van der Waals surface area (Å²) in [6, 6.07) is 12.6. The van der Waals surface area contributed by atoms with Crippen LogP contribution in [0.3, 0.4) is 0 Å². The molecular formula is C20H20Br2N4. The largest absolute Gasteiger partial charge is 0.361 e. The molecule has 4 rings (SSSR count). The first-order valence-corrected chi connectivity index (χ1v) is 10.2. The quantitative estimate of drug-likeness (QED) is 0.335. The van der Waals surface area contributed by atoms with Gasteiger partial charge in [0.25, 0.3) is 0 Å². The Bertz CT molecular complexity index is 1080. The van der Waals surface area contributed by atoms with Crippen molar-refractivity contribution in [2.45, 2.75) is 12.3 Å². The Balaban J connectivity index is 1.91. The highest BCUT2D eigenvalue weighted by Gasteiger charge is 2.23. The number of fused-ring (bicyclic) bond motifs is 2. The van der Waals surface area contributed by atoms with Crippen LogP contribution in [0.1, 0.15) is 22.7 Å². The summed E-state index contributed by atoms with van der Waals surface area (Å²) in [7, 11) is 0. The monoisotopic (exact) mass is 474 g/mol. The zero-order chi connectivity index (χ0) is 18.3. The van der Waals surface area contributed by atoms with E-state index in [1.165, 1.54) is 21.9 Å². The summed E-state index contributed by atoms with van der Waals surface area (Å²) in [6.45, 7) is 1.13. The standard InChI is InChI=1S/C20H20Br2N4/c21-11-2-4-14-17(10-25-18(14)7-11)16(9-24)20-15(5-6-23)13-3-1-12(22)8-19(13)26-20/h1-4,7-8,10,16,25-26H,5-6,9,23-24H2/t16-/m1/s1. The van der Waals surface area contributed by atoms with E-state index < -0.39 is 0 Å². The van der Waals surface area contributed by atoms with Crippen LogP contribution in [0.2, 0.25) is 0 Å². The molecule has 2 aromatic carbocycles. The van der Waals surface area contributed by atoms with Gasteiger partial charge < -0.3 is 21.4 Å². The maximum Gasteiger partial charge on any atom is 0.0470 e. The number of aromatic amines is 2. The molecule has 6 heteroatoms. The van der Waals surface area contributed by atoms with Crippen LogP contribution >= 0.6 is 31.9 Å². The fraction of sp³-hybridized carbons (Fsp3) is 0.200. The lowest BCUT2D eigenvalue weighted by atomic mass is 9.91. The van der Waals surface area contributed by atoms with Crippen molar-refractivity contribution in [2.24, 2.45) is 11.5 Å². The van der Waals surface area contributed by atoms with Crippen LogP contribution in [-0.4, -0.2) is 23.1 Å². The Labute approximate surface area is 168 Å². The highest BCUT2D eigenvalue weighted by Crippen LogP contribution is 2.36. The zero-order valence-electron chi connectivity index (χ0n) is 14.2. The first-order chi connectivity index (χ1) is 12.6. The van der Waals surface area contributed by atoms with Crippen LogP contribution < -0.4 is 11.5 Å². The highest BCUT2D eigenvalue weighted by molar-refractivity contribution is 9.10. The molecule has 2 aromatic heterocycles. The molecule has 4 aromatic rings. The van der Waals surface area contributed by atoms with Crippen LogP contribution in [0.25, 0.3) is 21.8 Å². The van der Waals surface area contributed by atoms with Gasteiger partial charge in [-0.2, -0.15) is 0 Å². The maximum absolute atomic E-state index is 6.25. The van der Waals surface area contributed by atoms with E-state index in [2.05, 4.69) is 84.4 Å². The fourth-order valence-corrected chi connectivity index (χ4v) is 4.49. The molecule has 4 nitrogen and oxygen atoms in total. The Morgan fingerprint density at radius 3 is 2.31 bits per heavy atom. The molecule has 0 bridgehead atoms. The summed E-state index contributed by atoms with van der Waals surface area (Å²) < 4.78 is 2.11. The van der Waals surface area contributed by atoms with Crippen molar-refractivity contribution in [3.8, 4) is 0 Å². The number of halogens is 2. The average molecular weight is 476 g/mol. The van der Waals surface area contributed by atoms with Crippen molar-refractivity contribution in [3.05, 3.63) is 68.4 Å². The van der Waals surface area contributed by atoms with E-state index in [1.54, 1.807) is 0 Å². The molecule has 2 heterocycles. The summed E-state index contributed by atoms with van der Waals surface area (Å²) in [5, 5.41) is 2.41. The van der Waals surface area contributed by atoms with E-state index in [9.17, 15) is 0 Å². The molecule has 0 saturated heterocycles. The third kappa shape index (κ3) is 3.01. The van der Waals surface area contributed by atoms with E-state index in [1.807, 2.05) is 0 Å². The van der Waals surface area contributed by atoms with Gasteiger partial charge in [-0.25, -0.2) is 0 Å². The van der Waals surface area contributed by atoms with Gasteiger partial charge in [0.05, 0.1) is 0 Å². The van der Waals surface area contributed by atoms with E-state index in [0.717, 1.165) is 32.1 Å². The molecule has 0 amide bonds. The molecule has 0 aliphatic heterocycles. The smallest absolute Gasteiger partial charge is 0.0470 e. The van der Waals surface area contributed by atoms with Gasteiger partial charge in [0, 0.05) is 55.1 Å². The third-order valence-corrected chi connectivity index (χ3v) is 5.92. The lowest BCUT2D eigenvalue weighted by molar-refractivity contribution is 0.784. The van der Waals surface area contributed by atoms with Gasteiger partial charge in [-0.05, 0) is 48.4 Å². The van der Waals surface area contributed by atoms with Crippen molar-refractivity contribution in [3.63, 3.8) is 0 Å². The van der Waals surface area contributed by atoms with Crippen LogP contribution in [0.5, 0.6) is 0 Å². The van der Waals surface area contributed by atoms with Crippen molar-refractivity contribution in [2.75, 3.05) is 13.1 Å². The Hall–Kier alpha value is -1.60. The van der Waals surface area contributed by atoms with Gasteiger partial charge in [0.1, 0.15) is 0 Å². The predicted molar refractivity (Wildman–Crippen MR) is 116 cm³/mol. The minimum absolute atomic E-state index is 0.0812. The normalized spacial score (nSPS) is 12.9.